The summed E-state index contributed by atoms with van der Waals surface area (Å²) in [7, 11) is 0. The van der Waals surface area contributed by atoms with Gasteiger partial charge in [0.05, 0.1) is 6.54 Å². The summed E-state index contributed by atoms with van der Waals surface area (Å²) in [6.07, 6.45) is -2.20. The smallest absolute Gasteiger partial charge is 0.410 e. The van der Waals surface area contributed by atoms with Gasteiger partial charge in [0.15, 0.2) is 0 Å². The number of nitrogens with two attached hydrogens (primary N) is 1. The van der Waals surface area contributed by atoms with E-state index in [1.54, 1.807) is 39.5 Å². The fraction of sp³-hybridized carbons (Fsp3) is 0.630. The topological polar surface area (TPSA) is 151 Å². The highest BCUT2D eigenvalue weighted by Gasteiger charge is 2.45. The molecule has 11 heteroatoms. The molecule has 1 aromatic carbocycles. The minimum atomic E-state index is -1.21. The van der Waals surface area contributed by atoms with Crippen molar-refractivity contribution in [2.45, 2.75) is 97.3 Å². The Morgan fingerprint density at radius 3 is 2.26 bits per heavy atom. The van der Waals surface area contributed by atoms with E-state index in [0.717, 1.165) is 21.6 Å². The monoisotopic (exact) mass is 532 g/mol. The molecule has 1 aromatic rings. The molecule has 2 heterocycles. The van der Waals surface area contributed by atoms with Crippen molar-refractivity contribution in [3.63, 3.8) is 0 Å². The minimum absolute atomic E-state index is 0.0453. The van der Waals surface area contributed by atoms with Gasteiger partial charge in [0.2, 0.25) is 5.91 Å². The van der Waals surface area contributed by atoms with E-state index >= 15 is 0 Å². The highest BCUT2D eigenvalue weighted by atomic mass is 16.6. The summed E-state index contributed by atoms with van der Waals surface area (Å²) in [5, 5.41) is 12.4. The first-order valence-electron chi connectivity index (χ1n) is 12.9. The molecule has 3 rings (SSSR count). The Morgan fingerprint density at radius 1 is 1.08 bits per heavy atom. The molecule has 210 valence electrons. The molecule has 0 spiro atoms. The van der Waals surface area contributed by atoms with Crippen LogP contribution in [0.4, 0.5) is 9.59 Å². The van der Waals surface area contributed by atoms with Gasteiger partial charge in [-0.05, 0) is 57.2 Å². The van der Waals surface area contributed by atoms with Crippen LogP contribution in [0.1, 0.15) is 71.6 Å². The number of hydrogen-bond donors (Lipinski definition) is 3. The molecule has 38 heavy (non-hydrogen) atoms. The summed E-state index contributed by atoms with van der Waals surface area (Å²) < 4.78 is 10.9. The van der Waals surface area contributed by atoms with Gasteiger partial charge in [0.25, 0.3) is 0 Å². The Morgan fingerprint density at radius 2 is 1.71 bits per heavy atom. The van der Waals surface area contributed by atoms with Gasteiger partial charge in [-0.15, -0.1) is 0 Å². The number of aliphatic carboxylic acids is 1. The van der Waals surface area contributed by atoms with Crippen LogP contribution in [0.25, 0.3) is 0 Å². The molecule has 0 bridgehead atoms. The van der Waals surface area contributed by atoms with Crippen LogP contribution in [-0.2, 0) is 37.7 Å². The number of benzene rings is 1. The van der Waals surface area contributed by atoms with E-state index < -0.39 is 53.4 Å². The standard InChI is InChI=1S/C27H40N4O7/c1-15(2)21(29-24(35)38-26(3,4)5)22(32)31-14-19(11-20(31)23(33)34)37-25(36)30-12-16-8-9-18(27(6,7)28)10-17(16)13-30/h8-10,15,19-21H,11-14,28H2,1-7H3,(H,29,35)(H,33,34)/t19-,20+,21+/m1/s1. The zero-order valence-corrected chi connectivity index (χ0v) is 23.2. The lowest BCUT2D eigenvalue weighted by atomic mass is 9.93. The first-order chi connectivity index (χ1) is 17.5. The van der Waals surface area contributed by atoms with E-state index in [9.17, 15) is 24.3 Å². The number of fused-ring (bicyclic) bond motifs is 1. The number of ether oxygens (including phenoxy) is 2. The third-order valence-electron chi connectivity index (χ3n) is 6.63. The van der Waals surface area contributed by atoms with Crippen molar-refractivity contribution in [1.82, 2.24) is 15.1 Å². The maximum atomic E-state index is 13.4. The van der Waals surface area contributed by atoms with Crippen LogP contribution in [-0.4, -0.2) is 69.3 Å². The van der Waals surface area contributed by atoms with E-state index in [1.807, 2.05) is 32.0 Å². The number of amides is 3. The normalized spacial score (nSPS) is 20.2. The highest BCUT2D eigenvalue weighted by Crippen LogP contribution is 2.29. The van der Waals surface area contributed by atoms with E-state index in [-0.39, 0.29) is 18.9 Å². The fourth-order valence-electron chi connectivity index (χ4n) is 4.63. The number of carboxylic acid groups (broad SMARTS) is 1. The number of nitrogens with one attached hydrogen (secondary N) is 1. The van der Waals surface area contributed by atoms with Gasteiger partial charge in [-0.3, -0.25) is 9.69 Å². The molecular weight excluding hydrogens is 492 g/mol. The first kappa shape index (κ1) is 29.2. The third-order valence-corrected chi connectivity index (χ3v) is 6.63. The maximum Gasteiger partial charge on any atom is 0.410 e. The van der Waals surface area contributed by atoms with Crippen LogP contribution in [0.2, 0.25) is 0 Å². The maximum absolute atomic E-state index is 13.4. The van der Waals surface area contributed by atoms with Gasteiger partial charge in [0.1, 0.15) is 23.8 Å². The summed E-state index contributed by atoms with van der Waals surface area (Å²) >= 11 is 0. The molecule has 11 nitrogen and oxygen atoms in total. The zero-order chi connectivity index (χ0) is 28.6. The van der Waals surface area contributed by atoms with Crippen molar-refractivity contribution in [3.05, 3.63) is 34.9 Å². The molecule has 1 saturated heterocycles. The quantitative estimate of drug-likeness (QED) is 0.506. The minimum Gasteiger partial charge on any atom is -0.480 e. The van der Waals surface area contributed by atoms with Crippen LogP contribution in [0.5, 0.6) is 0 Å². The van der Waals surface area contributed by atoms with Crippen LogP contribution in [0, 0.1) is 5.92 Å². The van der Waals surface area contributed by atoms with E-state index in [0.29, 0.717) is 13.1 Å². The summed E-state index contributed by atoms with van der Waals surface area (Å²) in [5.74, 6) is -2.11. The second kappa shape index (κ2) is 10.8. The lowest BCUT2D eigenvalue weighted by Crippen LogP contribution is -2.54. The Balaban J connectivity index is 1.67. The van der Waals surface area contributed by atoms with Crippen molar-refractivity contribution >= 4 is 24.1 Å². The largest absolute Gasteiger partial charge is 0.480 e. The molecule has 0 unspecified atom stereocenters. The van der Waals surface area contributed by atoms with Gasteiger partial charge in [-0.1, -0.05) is 32.0 Å². The van der Waals surface area contributed by atoms with Crippen LogP contribution < -0.4 is 11.1 Å². The Kier molecular flexibility index (Phi) is 8.30. The summed E-state index contributed by atoms with van der Waals surface area (Å²) in [6, 6.07) is 3.69. The van der Waals surface area contributed by atoms with Gasteiger partial charge in [-0.25, -0.2) is 14.4 Å². The number of alkyl carbamates (subject to hydrolysis) is 1. The average Bonchev–Trinajstić information content (AvgIpc) is 3.39. The summed E-state index contributed by atoms with van der Waals surface area (Å²) in [4.78, 5) is 53.4. The highest BCUT2D eigenvalue weighted by molar-refractivity contribution is 5.90. The zero-order valence-electron chi connectivity index (χ0n) is 23.2. The lowest BCUT2D eigenvalue weighted by Gasteiger charge is -2.30. The van der Waals surface area contributed by atoms with Gasteiger partial charge in [-0.2, -0.15) is 0 Å². The lowest BCUT2D eigenvalue weighted by molar-refractivity contribution is -0.149. The number of carbonyl (C=O) groups excluding carboxylic acids is 3. The molecule has 3 amide bonds. The van der Waals surface area contributed by atoms with Crippen LogP contribution in [0.15, 0.2) is 18.2 Å². The van der Waals surface area contributed by atoms with Crippen molar-refractivity contribution in [2.24, 2.45) is 11.7 Å². The molecule has 0 saturated carbocycles. The number of carbonyl (C=O) groups is 4. The Labute approximate surface area is 223 Å². The van der Waals surface area contributed by atoms with Gasteiger partial charge < -0.3 is 30.5 Å². The molecule has 3 atom stereocenters. The molecule has 0 aliphatic carbocycles. The number of nitrogens with zero attached hydrogens (tertiary/aromatic N) is 2. The van der Waals surface area contributed by atoms with Crippen molar-refractivity contribution < 1.29 is 33.8 Å². The SMILES string of the molecule is CC(C)[C@H](NC(=O)OC(C)(C)C)C(=O)N1C[C@H](OC(=O)N2Cc3ccc(C(C)(C)N)cc3C2)C[C@H]1C(=O)O. The van der Waals surface area contributed by atoms with Crippen molar-refractivity contribution in [1.29, 1.82) is 0 Å². The van der Waals surface area contributed by atoms with E-state index in [2.05, 4.69) is 5.32 Å². The first-order valence-corrected chi connectivity index (χ1v) is 12.9. The molecule has 0 aromatic heterocycles. The predicted octanol–water partition coefficient (Wildman–Crippen LogP) is 2.94. The number of rotatable bonds is 6. The van der Waals surface area contributed by atoms with Gasteiger partial charge >= 0.3 is 18.2 Å². The van der Waals surface area contributed by atoms with Crippen LogP contribution >= 0.6 is 0 Å². The molecule has 4 N–H and O–H groups in total. The third kappa shape index (κ3) is 6.94. The Bertz CT molecular complexity index is 1090. The molecule has 1 fully saturated rings. The summed E-state index contributed by atoms with van der Waals surface area (Å²) in [6.45, 7) is 13.0. The molecular formula is C27H40N4O7. The van der Waals surface area contributed by atoms with E-state index in [1.165, 1.54) is 0 Å². The molecule has 0 radical (unpaired) electrons. The van der Waals surface area contributed by atoms with Crippen molar-refractivity contribution in [2.75, 3.05) is 6.54 Å². The number of carboxylic acids is 1. The van der Waals surface area contributed by atoms with Crippen LogP contribution in [0.3, 0.4) is 0 Å². The number of hydrogen-bond acceptors (Lipinski definition) is 7. The number of likely N-dealkylation sites (tertiary alicyclic amines) is 1. The second-order valence-corrected chi connectivity index (χ2v) is 12.0. The summed E-state index contributed by atoms with van der Waals surface area (Å²) in [5.41, 5.74) is 7.87. The van der Waals surface area contributed by atoms with Crippen molar-refractivity contribution in [3.8, 4) is 0 Å². The van der Waals surface area contributed by atoms with E-state index in [4.69, 9.17) is 15.2 Å². The average molecular weight is 533 g/mol. The predicted molar refractivity (Wildman–Crippen MR) is 139 cm³/mol. The second-order valence-electron chi connectivity index (χ2n) is 12.0. The fourth-order valence-corrected chi connectivity index (χ4v) is 4.63. The molecule has 2 aliphatic heterocycles. The van der Waals surface area contributed by atoms with Gasteiger partial charge in [0, 0.05) is 25.0 Å². The molecule has 2 aliphatic rings. The Hall–Kier alpha value is -3.34.